The van der Waals surface area contributed by atoms with Crippen molar-refractivity contribution < 1.29 is 4.79 Å². The van der Waals surface area contributed by atoms with E-state index in [9.17, 15) is 4.79 Å². The van der Waals surface area contributed by atoms with E-state index in [1.807, 2.05) is 17.0 Å². The molecule has 6 heteroatoms. The van der Waals surface area contributed by atoms with E-state index >= 15 is 0 Å². The maximum atomic E-state index is 12.5. The Bertz CT molecular complexity index is 526. The van der Waals surface area contributed by atoms with Crippen LogP contribution in [0.3, 0.4) is 0 Å². The number of halogens is 2. The van der Waals surface area contributed by atoms with Crippen LogP contribution in [0.1, 0.15) is 16.8 Å². The standard InChI is InChI=1S/C15H19BrClN3O/c16-13-2-1-11(9-14(13)17)15(21)20-7-5-19(6-8-20)12-3-4-18-10-12/h1-2,9,12,18H,3-8,10H2. The van der Waals surface area contributed by atoms with Gasteiger partial charge in [-0.25, -0.2) is 0 Å². The van der Waals surface area contributed by atoms with Crippen LogP contribution in [0.2, 0.25) is 5.02 Å². The van der Waals surface area contributed by atoms with E-state index in [0.717, 1.165) is 43.7 Å². The van der Waals surface area contributed by atoms with E-state index in [1.54, 1.807) is 6.07 Å². The minimum Gasteiger partial charge on any atom is -0.336 e. The van der Waals surface area contributed by atoms with Crippen molar-refractivity contribution in [2.45, 2.75) is 12.5 Å². The molecule has 0 aromatic heterocycles. The predicted molar refractivity (Wildman–Crippen MR) is 87.9 cm³/mol. The van der Waals surface area contributed by atoms with Gasteiger partial charge >= 0.3 is 0 Å². The maximum Gasteiger partial charge on any atom is 0.253 e. The summed E-state index contributed by atoms with van der Waals surface area (Å²) in [5, 5.41) is 3.98. The van der Waals surface area contributed by atoms with Crippen LogP contribution in [0.4, 0.5) is 0 Å². The molecule has 2 heterocycles. The van der Waals surface area contributed by atoms with Crippen molar-refractivity contribution in [3.05, 3.63) is 33.3 Å². The average molecular weight is 373 g/mol. The largest absolute Gasteiger partial charge is 0.336 e. The summed E-state index contributed by atoms with van der Waals surface area (Å²) in [5.41, 5.74) is 0.666. The van der Waals surface area contributed by atoms with Crippen molar-refractivity contribution in [2.24, 2.45) is 0 Å². The highest BCUT2D eigenvalue weighted by Gasteiger charge is 2.28. The van der Waals surface area contributed by atoms with Gasteiger partial charge in [-0.3, -0.25) is 9.69 Å². The molecule has 2 fully saturated rings. The Morgan fingerprint density at radius 1 is 1.29 bits per heavy atom. The van der Waals surface area contributed by atoms with E-state index in [4.69, 9.17) is 11.6 Å². The SMILES string of the molecule is O=C(c1ccc(Br)c(Cl)c1)N1CCN(C2CCNC2)CC1. The number of hydrogen-bond acceptors (Lipinski definition) is 3. The molecule has 0 saturated carbocycles. The fourth-order valence-corrected chi connectivity index (χ4v) is 3.48. The maximum absolute atomic E-state index is 12.5. The summed E-state index contributed by atoms with van der Waals surface area (Å²) in [7, 11) is 0. The third-order valence-corrected chi connectivity index (χ3v) is 5.55. The molecule has 3 rings (SSSR count). The van der Waals surface area contributed by atoms with Gasteiger partial charge < -0.3 is 10.2 Å². The van der Waals surface area contributed by atoms with E-state index in [-0.39, 0.29) is 5.91 Å². The Balaban J connectivity index is 1.60. The van der Waals surface area contributed by atoms with Crippen molar-refractivity contribution in [3.63, 3.8) is 0 Å². The molecular weight excluding hydrogens is 354 g/mol. The Hall–Kier alpha value is -0.620. The smallest absolute Gasteiger partial charge is 0.253 e. The molecule has 0 bridgehead atoms. The minimum atomic E-state index is 0.0774. The summed E-state index contributed by atoms with van der Waals surface area (Å²) >= 11 is 9.42. The third-order valence-electron chi connectivity index (χ3n) is 4.32. The van der Waals surface area contributed by atoms with Crippen LogP contribution in [0, 0.1) is 0 Å². The van der Waals surface area contributed by atoms with Gasteiger partial charge in [0.2, 0.25) is 0 Å². The van der Waals surface area contributed by atoms with Crippen molar-refractivity contribution in [2.75, 3.05) is 39.3 Å². The van der Waals surface area contributed by atoms with Gasteiger partial charge in [-0.1, -0.05) is 11.6 Å². The number of amides is 1. The fourth-order valence-electron chi connectivity index (χ4n) is 3.05. The molecule has 0 aliphatic carbocycles. The number of benzene rings is 1. The van der Waals surface area contributed by atoms with Gasteiger partial charge in [0.25, 0.3) is 5.91 Å². The number of carbonyl (C=O) groups excluding carboxylic acids is 1. The molecule has 2 saturated heterocycles. The topological polar surface area (TPSA) is 35.6 Å². The first-order chi connectivity index (χ1) is 10.1. The van der Waals surface area contributed by atoms with Gasteiger partial charge in [0, 0.05) is 48.8 Å². The van der Waals surface area contributed by atoms with Crippen LogP contribution in [0.15, 0.2) is 22.7 Å². The summed E-state index contributed by atoms with van der Waals surface area (Å²) in [6.45, 7) is 5.70. The minimum absolute atomic E-state index is 0.0774. The molecule has 1 atom stereocenters. The van der Waals surface area contributed by atoms with Crippen LogP contribution in [0.5, 0.6) is 0 Å². The molecule has 21 heavy (non-hydrogen) atoms. The second kappa shape index (κ2) is 6.65. The Morgan fingerprint density at radius 2 is 2.05 bits per heavy atom. The molecule has 2 aliphatic heterocycles. The number of hydrogen-bond donors (Lipinski definition) is 1. The van der Waals surface area contributed by atoms with Crippen molar-refractivity contribution in [1.29, 1.82) is 0 Å². The van der Waals surface area contributed by atoms with Gasteiger partial charge in [-0.05, 0) is 47.1 Å². The average Bonchev–Trinajstić information content (AvgIpc) is 3.04. The molecular formula is C15H19BrClN3O. The molecule has 1 unspecified atom stereocenters. The first kappa shape index (κ1) is 15.3. The molecule has 2 aliphatic rings. The molecule has 1 N–H and O–H groups in total. The number of piperazine rings is 1. The second-order valence-corrected chi connectivity index (χ2v) is 6.87. The second-order valence-electron chi connectivity index (χ2n) is 5.60. The number of rotatable bonds is 2. The normalized spacial score (nSPS) is 23.5. The summed E-state index contributed by atoms with van der Waals surface area (Å²) in [4.78, 5) is 16.9. The van der Waals surface area contributed by atoms with E-state index in [2.05, 4.69) is 26.1 Å². The van der Waals surface area contributed by atoms with Gasteiger partial charge in [0.15, 0.2) is 0 Å². The molecule has 1 aromatic carbocycles. The third kappa shape index (κ3) is 3.42. The summed E-state index contributed by atoms with van der Waals surface area (Å²) in [5.74, 6) is 0.0774. The highest BCUT2D eigenvalue weighted by Crippen LogP contribution is 2.24. The van der Waals surface area contributed by atoms with Crippen molar-refractivity contribution in [3.8, 4) is 0 Å². The molecule has 114 valence electrons. The predicted octanol–water partition coefficient (Wildman–Crippen LogP) is 2.22. The monoisotopic (exact) mass is 371 g/mol. The highest BCUT2D eigenvalue weighted by atomic mass is 79.9. The lowest BCUT2D eigenvalue weighted by molar-refractivity contribution is 0.0584. The summed E-state index contributed by atoms with van der Waals surface area (Å²) in [6, 6.07) is 6.03. The zero-order valence-corrected chi connectivity index (χ0v) is 14.2. The lowest BCUT2D eigenvalue weighted by atomic mass is 10.1. The van der Waals surface area contributed by atoms with Crippen molar-refractivity contribution in [1.82, 2.24) is 15.1 Å². The molecule has 1 aromatic rings. The molecule has 4 nitrogen and oxygen atoms in total. The Labute approximate surface area is 138 Å². The van der Waals surface area contributed by atoms with Gasteiger partial charge in [-0.2, -0.15) is 0 Å². The number of carbonyl (C=O) groups is 1. The highest BCUT2D eigenvalue weighted by molar-refractivity contribution is 9.10. The lowest BCUT2D eigenvalue weighted by Gasteiger charge is -2.37. The summed E-state index contributed by atoms with van der Waals surface area (Å²) < 4.78 is 0.819. The van der Waals surface area contributed by atoms with Crippen LogP contribution >= 0.6 is 27.5 Å². The molecule has 1 amide bonds. The van der Waals surface area contributed by atoms with Crippen LogP contribution in [-0.2, 0) is 0 Å². The van der Waals surface area contributed by atoms with E-state index in [0.29, 0.717) is 16.6 Å². The summed E-state index contributed by atoms with van der Waals surface area (Å²) in [6.07, 6.45) is 1.22. The van der Waals surface area contributed by atoms with Crippen LogP contribution < -0.4 is 5.32 Å². The van der Waals surface area contributed by atoms with Crippen LogP contribution in [0.25, 0.3) is 0 Å². The van der Waals surface area contributed by atoms with E-state index < -0.39 is 0 Å². The van der Waals surface area contributed by atoms with E-state index in [1.165, 1.54) is 6.42 Å². The first-order valence-electron chi connectivity index (χ1n) is 7.34. The fraction of sp³-hybridized carbons (Fsp3) is 0.533. The quantitative estimate of drug-likeness (QED) is 0.865. The molecule has 0 radical (unpaired) electrons. The van der Waals surface area contributed by atoms with Gasteiger partial charge in [-0.15, -0.1) is 0 Å². The number of nitrogens with one attached hydrogen (secondary N) is 1. The van der Waals surface area contributed by atoms with Crippen LogP contribution in [-0.4, -0.2) is 61.0 Å². The lowest BCUT2D eigenvalue weighted by Crippen LogP contribution is -2.52. The first-order valence-corrected chi connectivity index (χ1v) is 8.51. The Kier molecular flexibility index (Phi) is 4.84. The zero-order chi connectivity index (χ0) is 14.8. The Morgan fingerprint density at radius 3 is 2.67 bits per heavy atom. The zero-order valence-electron chi connectivity index (χ0n) is 11.8. The van der Waals surface area contributed by atoms with Gasteiger partial charge in [0.1, 0.15) is 0 Å². The van der Waals surface area contributed by atoms with Gasteiger partial charge in [0.05, 0.1) is 5.02 Å². The molecule has 0 spiro atoms. The van der Waals surface area contributed by atoms with Crippen molar-refractivity contribution >= 4 is 33.4 Å². The number of nitrogens with zero attached hydrogens (tertiary/aromatic N) is 2.